The Morgan fingerprint density at radius 2 is 2.11 bits per heavy atom. The van der Waals surface area contributed by atoms with Gasteiger partial charge >= 0.3 is 11.9 Å². The zero-order valence-corrected chi connectivity index (χ0v) is 20.8. The van der Waals surface area contributed by atoms with Gasteiger partial charge in [-0.3, -0.25) is 14.7 Å². The van der Waals surface area contributed by atoms with Crippen LogP contribution in [-0.2, 0) is 14.3 Å². The molecule has 2 aliphatic rings. The Labute approximate surface area is 214 Å². The highest BCUT2D eigenvalue weighted by molar-refractivity contribution is 7.11. The number of carboxylic acids is 1. The number of halogens is 2. The first-order valence-electron chi connectivity index (χ1n) is 10.8. The third-order valence-electron chi connectivity index (χ3n) is 4.89. The largest absolute Gasteiger partial charge is 0.480 e. The number of aliphatic imine (C=N–C) groups is 1. The number of likely N-dealkylation sites (tertiary alicyclic amines) is 1. The highest BCUT2D eigenvalue weighted by Gasteiger charge is 2.33. The molecule has 1 aromatic heterocycles. The third-order valence-corrected chi connectivity index (χ3v) is 5.91. The van der Waals surface area contributed by atoms with Gasteiger partial charge in [-0.15, -0.1) is 11.3 Å². The van der Waals surface area contributed by atoms with Gasteiger partial charge in [-0.1, -0.05) is 38.9 Å². The molecule has 0 aliphatic carbocycles. The molecule has 0 spiro atoms. The van der Waals surface area contributed by atoms with Crippen molar-refractivity contribution in [2.75, 3.05) is 26.7 Å². The molecular weight excluding hydrogens is 495 g/mol. The molecule has 35 heavy (non-hydrogen) atoms. The van der Waals surface area contributed by atoms with Crippen molar-refractivity contribution >= 4 is 40.7 Å². The number of methoxy groups -OCH3 is 1. The van der Waals surface area contributed by atoms with Crippen molar-refractivity contribution in [1.29, 1.82) is 0 Å². The van der Waals surface area contributed by atoms with Gasteiger partial charge in [0, 0.05) is 28.8 Å². The molecule has 4 rings (SSSR count). The Bertz CT molecular complexity index is 1010. The number of amidine groups is 1. The molecule has 1 aromatic carbocycles. The molecule has 1 fully saturated rings. The van der Waals surface area contributed by atoms with E-state index in [1.807, 2.05) is 24.1 Å². The molecule has 8 nitrogen and oxygen atoms in total. The van der Waals surface area contributed by atoms with Gasteiger partial charge in [0.1, 0.15) is 11.9 Å². The van der Waals surface area contributed by atoms with Crippen molar-refractivity contribution in [2.45, 2.75) is 40.2 Å². The Morgan fingerprint density at radius 3 is 2.66 bits per heavy atom. The molecule has 0 radical (unpaired) electrons. The van der Waals surface area contributed by atoms with Crippen LogP contribution in [0.25, 0.3) is 0 Å². The maximum absolute atomic E-state index is 12.1. The Hall–Kier alpha value is -2.82. The van der Waals surface area contributed by atoms with Gasteiger partial charge in [0.25, 0.3) is 0 Å². The van der Waals surface area contributed by atoms with E-state index < -0.39 is 18.0 Å². The SMILES string of the molecule is C.CC.COC(=O)C1=C(CN2CCCC2C(=O)O)NC(c2nccs2)=NC1.Fc1cccc(Cl)c1. The topological polar surface area (TPSA) is 104 Å². The summed E-state index contributed by atoms with van der Waals surface area (Å²) in [5, 5.41) is 15.5. The number of carbonyl (C=O) groups excluding carboxylic acids is 1. The lowest BCUT2D eigenvalue weighted by atomic mass is 10.1. The zero-order chi connectivity index (χ0) is 25.1. The molecule has 2 aromatic rings. The monoisotopic (exact) mass is 526 g/mol. The number of esters is 1. The first-order valence-corrected chi connectivity index (χ1v) is 12.0. The van der Waals surface area contributed by atoms with Crippen molar-refractivity contribution in [1.82, 2.24) is 15.2 Å². The molecule has 1 unspecified atom stereocenters. The van der Waals surface area contributed by atoms with Gasteiger partial charge in [-0.05, 0) is 37.6 Å². The van der Waals surface area contributed by atoms with E-state index in [1.54, 1.807) is 18.3 Å². The number of ether oxygens (including phenoxy) is 1. The Kier molecular flexibility index (Phi) is 13.1. The fraction of sp³-hybridized carbons (Fsp3) is 0.417. The van der Waals surface area contributed by atoms with Crippen LogP contribution in [0.3, 0.4) is 0 Å². The van der Waals surface area contributed by atoms with E-state index in [9.17, 15) is 19.1 Å². The predicted octanol–water partition coefficient (Wildman–Crippen LogP) is 4.61. The molecular formula is C24H32ClFN4O4S. The fourth-order valence-electron chi connectivity index (χ4n) is 3.38. The quantitative estimate of drug-likeness (QED) is 0.548. The first-order chi connectivity index (χ1) is 16.4. The number of nitrogens with zero attached hydrogens (tertiary/aromatic N) is 3. The van der Waals surface area contributed by atoms with E-state index in [1.165, 1.54) is 30.6 Å². The van der Waals surface area contributed by atoms with E-state index in [0.717, 1.165) is 11.4 Å². The maximum Gasteiger partial charge on any atom is 0.337 e. The second-order valence-electron chi connectivity index (χ2n) is 6.98. The van der Waals surface area contributed by atoms with Gasteiger partial charge in [-0.25, -0.2) is 14.2 Å². The lowest BCUT2D eigenvalue weighted by molar-refractivity contribution is -0.142. The van der Waals surface area contributed by atoms with Gasteiger partial charge in [0.2, 0.25) is 0 Å². The predicted molar refractivity (Wildman–Crippen MR) is 137 cm³/mol. The lowest BCUT2D eigenvalue weighted by Gasteiger charge is -2.26. The van der Waals surface area contributed by atoms with Crippen LogP contribution < -0.4 is 5.32 Å². The van der Waals surface area contributed by atoms with Gasteiger partial charge in [0.15, 0.2) is 10.8 Å². The van der Waals surface area contributed by atoms with Crippen LogP contribution in [0, 0.1) is 5.82 Å². The second-order valence-corrected chi connectivity index (χ2v) is 8.31. The molecule has 2 aliphatic heterocycles. The van der Waals surface area contributed by atoms with Crippen molar-refractivity contribution in [3.05, 3.63) is 63.0 Å². The third kappa shape index (κ3) is 8.72. The maximum atomic E-state index is 12.1. The smallest absolute Gasteiger partial charge is 0.337 e. The van der Waals surface area contributed by atoms with Gasteiger partial charge in [0.05, 0.1) is 19.2 Å². The normalized spacial score (nSPS) is 16.9. The van der Waals surface area contributed by atoms with Gasteiger partial charge < -0.3 is 15.2 Å². The number of aliphatic carboxylic acids is 1. The van der Waals surface area contributed by atoms with E-state index in [2.05, 4.69) is 15.3 Å². The molecule has 0 amide bonds. The summed E-state index contributed by atoms with van der Waals surface area (Å²) in [7, 11) is 1.32. The van der Waals surface area contributed by atoms with E-state index in [4.69, 9.17) is 16.3 Å². The number of carboxylic acid groups (broad SMARTS) is 1. The number of thiazole rings is 1. The number of rotatable bonds is 5. The molecule has 3 heterocycles. The van der Waals surface area contributed by atoms with Crippen molar-refractivity contribution < 1.29 is 23.8 Å². The number of benzene rings is 1. The molecule has 1 saturated heterocycles. The molecule has 0 bridgehead atoms. The van der Waals surface area contributed by atoms with E-state index in [-0.39, 0.29) is 19.8 Å². The average molecular weight is 527 g/mol. The molecule has 11 heteroatoms. The second kappa shape index (κ2) is 15.2. The summed E-state index contributed by atoms with van der Waals surface area (Å²) in [5.74, 6) is -0.987. The average Bonchev–Trinajstić information content (AvgIpc) is 3.53. The lowest BCUT2D eigenvalue weighted by Crippen LogP contribution is -2.42. The van der Waals surface area contributed by atoms with Crippen LogP contribution in [-0.4, -0.2) is 65.6 Å². The first kappa shape index (κ1) is 30.2. The van der Waals surface area contributed by atoms with Crippen molar-refractivity contribution in [3.63, 3.8) is 0 Å². The number of hydrogen-bond acceptors (Lipinski definition) is 8. The summed E-state index contributed by atoms with van der Waals surface area (Å²) >= 11 is 6.85. The van der Waals surface area contributed by atoms with Crippen LogP contribution >= 0.6 is 22.9 Å². The summed E-state index contributed by atoms with van der Waals surface area (Å²) in [6, 6.07) is 5.29. The molecule has 1 atom stereocenters. The van der Waals surface area contributed by atoms with E-state index >= 15 is 0 Å². The molecule has 192 valence electrons. The standard InChI is InChI=1S/C15H18N4O4S.C6H4ClF.C2H6.CH4/c1-23-15(22)9-7-17-12(13-16-4-6-24-13)18-10(9)8-19-5-2-3-11(19)14(20)21;7-5-2-1-3-6(8)4-5;1-2;/h4,6,11H,2-3,5,7-8H2,1H3,(H,17,18)(H,20,21);1-4H;1-2H3;1H4. The van der Waals surface area contributed by atoms with Crippen LogP contribution in [0.4, 0.5) is 4.39 Å². The zero-order valence-electron chi connectivity index (χ0n) is 19.3. The summed E-state index contributed by atoms with van der Waals surface area (Å²) in [5.41, 5.74) is 1.06. The minimum absolute atomic E-state index is 0. The number of aromatic nitrogens is 1. The van der Waals surface area contributed by atoms with Crippen LogP contribution in [0.1, 0.15) is 39.1 Å². The van der Waals surface area contributed by atoms with Crippen molar-refractivity contribution in [3.8, 4) is 0 Å². The fourth-order valence-corrected chi connectivity index (χ4v) is 4.15. The summed E-state index contributed by atoms with van der Waals surface area (Å²) < 4.78 is 16.9. The number of hydrogen-bond donors (Lipinski definition) is 2. The summed E-state index contributed by atoms with van der Waals surface area (Å²) in [6.07, 6.45) is 3.12. The number of nitrogens with one attached hydrogen (secondary N) is 1. The Morgan fingerprint density at radius 1 is 1.37 bits per heavy atom. The highest BCUT2D eigenvalue weighted by Crippen LogP contribution is 2.21. The van der Waals surface area contributed by atoms with Crippen molar-refractivity contribution in [2.24, 2.45) is 4.99 Å². The number of carbonyl (C=O) groups is 2. The molecule has 0 saturated carbocycles. The van der Waals surface area contributed by atoms with Crippen LogP contribution in [0.15, 0.2) is 52.1 Å². The van der Waals surface area contributed by atoms with Crippen LogP contribution in [0.5, 0.6) is 0 Å². The minimum Gasteiger partial charge on any atom is -0.480 e. The van der Waals surface area contributed by atoms with Gasteiger partial charge in [-0.2, -0.15) is 0 Å². The summed E-state index contributed by atoms with van der Waals surface area (Å²) in [6.45, 7) is 5.21. The molecule has 2 N–H and O–H groups in total. The minimum atomic E-state index is -0.836. The van der Waals surface area contributed by atoms with Crippen LogP contribution in [0.2, 0.25) is 5.02 Å². The highest BCUT2D eigenvalue weighted by atomic mass is 35.5. The van der Waals surface area contributed by atoms with E-state index in [0.29, 0.717) is 41.6 Å². The Balaban J connectivity index is 0.000000471. The summed E-state index contributed by atoms with van der Waals surface area (Å²) in [4.78, 5) is 33.8.